The number of aromatic nitrogens is 1. The average Bonchev–Trinajstić information content (AvgIpc) is 3.28. The summed E-state index contributed by atoms with van der Waals surface area (Å²) in [6, 6.07) is 11.4. The van der Waals surface area contributed by atoms with Gasteiger partial charge in [0, 0.05) is 17.7 Å². The Morgan fingerprint density at radius 1 is 1.38 bits per heavy atom. The van der Waals surface area contributed by atoms with Crippen molar-refractivity contribution in [2.24, 2.45) is 11.0 Å². The van der Waals surface area contributed by atoms with Gasteiger partial charge in [0.25, 0.3) is 5.91 Å². The Labute approximate surface area is 155 Å². The van der Waals surface area contributed by atoms with Crippen molar-refractivity contribution in [3.05, 3.63) is 42.1 Å². The van der Waals surface area contributed by atoms with Crippen LogP contribution in [0.2, 0.25) is 0 Å². The normalized spacial score (nSPS) is 25.8. The van der Waals surface area contributed by atoms with Crippen LogP contribution in [0.5, 0.6) is 0 Å². The molecule has 1 aliphatic heterocycles. The molecular formula is C18H20N4O3S. The van der Waals surface area contributed by atoms with Crippen molar-refractivity contribution >= 4 is 22.7 Å². The summed E-state index contributed by atoms with van der Waals surface area (Å²) in [5.74, 6) is 0.784. The third-order valence-electron chi connectivity index (χ3n) is 4.65. The zero-order valence-corrected chi connectivity index (χ0v) is 15.1. The van der Waals surface area contributed by atoms with E-state index in [1.807, 2.05) is 30.3 Å². The van der Waals surface area contributed by atoms with Gasteiger partial charge in [-0.05, 0) is 25.7 Å². The first kappa shape index (κ1) is 17.1. The smallest absolute Gasteiger partial charge is 0.273 e. The summed E-state index contributed by atoms with van der Waals surface area (Å²) in [5, 5.41) is 21.5. The van der Waals surface area contributed by atoms with Gasteiger partial charge in [0.05, 0.1) is 5.37 Å². The first-order chi connectivity index (χ1) is 12.6. The lowest BCUT2D eigenvalue weighted by Gasteiger charge is -2.38. The first-order valence-corrected chi connectivity index (χ1v) is 9.49. The predicted molar refractivity (Wildman–Crippen MR) is 99.5 cm³/mol. The largest absolute Gasteiger partial charge is 0.386 e. The molecule has 0 radical (unpaired) electrons. The van der Waals surface area contributed by atoms with E-state index in [4.69, 9.17) is 4.52 Å². The average molecular weight is 372 g/mol. The second kappa shape index (κ2) is 7.13. The van der Waals surface area contributed by atoms with E-state index in [0.29, 0.717) is 17.4 Å². The molecule has 0 saturated heterocycles. The van der Waals surface area contributed by atoms with Crippen LogP contribution in [-0.2, 0) is 0 Å². The van der Waals surface area contributed by atoms with Crippen LogP contribution >= 0.6 is 11.8 Å². The molecule has 4 rings (SSSR count). The van der Waals surface area contributed by atoms with E-state index in [0.717, 1.165) is 23.4 Å². The molecule has 8 heteroatoms. The molecule has 1 aromatic carbocycles. The summed E-state index contributed by atoms with van der Waals surface area (Å²) >= 11 is 1.57. The van der Waals surface area contributed by atoms with Gasteiger partial charge in [0.15, 0.2) is 11.5 Å². The van der Waals surface area contributed by atoms with Crippen LogP contribution in [0.25, 0.3) is 11.3 Å². The highest BCUT2D eigenvalue weighted by Crippen LogP contribution is 2.38. The number of nitrogens with one attached hydrogen (secondary N) is 2. The van der Waals surface area contributed by atoms with Crippen LogP contribution in [0.3, 0.4) is 0 Å². The number of thioether (sulfide) groups is 1. The van der Waals surface area contributed by atoms with Gasteiger partial charge in [-0.2, -0.15) is 5.10 Å². The van der Waals surface area contributed by atoms with E-state index in [1.165, 1.54) is 0 Å². The lowest BCUT2D eigenvalue weighted by atomic mass is 9.80. The van der Waals surface area contributed by atoms with Gasteiger partial charge < -0.3 is 14.9 Å². The number of hydrogen-bond donors (Lipinski definition) is 3. The molecule has 0 spiro atoms. The molecule has 0 bridgehead atoms. The number of rotatable bonds is 5. The number of aliphatic hydroxyl groups is 1. The number of hydrogen-bond acceptors (Lipinski definition) is 7. The van der Waals surface area contributed by atoms with E-state index >= 15 is 0 Å². The lowest BCUT2D eigenvalue weighted by Crippen LogP contribution is -2.49. The Morgan fingerprint density at radius 2 is 2.15 bits per heavy atom. The molecule has 26 heavy (non-hydrogen) atoms. The summed E-state index contributed by atoms with van der Waals surface area (Å²) in [5.41, 5.74) is 4.25. The van der Waals surface area contributed by atoms with Crippen molar-refractivity contribution < 1.29 is 14.4 Å². The maximum atomic E-state index is 12.4. The molecule has 136 valence electrons. The molecule has 2 aliphatic rings. The van der Waals surface area contributed by atoms with Gasteiger partial charge in [-0.25, -0.2) is 0 Å². The highest BCUT2D eigenvalue weighted by molar-refractivity contribution is 8.14. The molecule has 1 fully saturated rings. The minimum Gasteiger partial charge on any atom is -0.386 e. The van der Waals surface area contributed by atoms with Crippen molar-refractivity contribution in [3.8, 4) is 11.3 Å². The maximum Gasteiger partial charge on any atom is 0.273 e. The molecule has 1 amide bonds. The van der Waals surface area contributed by atoms with Gasteiger partial charge in [-0.15, -0.1) is 0 Å². The second-order valence-electron chi connectivity index (χ2n) is 6.64. The number of carbonyl (C=O) groups excluding carboxylic acids is 1. The van der Waals surface area contributed by atoms with Gasteiger partial charge >= 0.3 is 0 Å². The molecule has 2 aromatic rings. The fourth-order valence-corrected chi connectivity index (χ4v) is 4.19. The highest BCUT2D eigenvalue weighted by atomic mass is 32.2. The zero-order valence-electron chi connectivity index (χ0n) is 14.3. The molecule has 1 saturated carbocycles. The number of aliphatic hydroxyl groups excluding tert-OH is 1. The Bertz CT molecular complexity index is 815. The standard InChI is InChI=1S/C18H20N4O3S/c1-10(23)17-20-21-18(26-17)12-7-13(8-12)19-16(24)14-9-15(25-22-14)11-5-3-2-4-6-11/h2-6,9-10,12-13,18,21,23H,7-8H2,1H3,(H,19,24). The van der Waals surface area contributed by atoms with Crippen LogP contribution in [0.15, 0.2) is 46.0 Å². The van der Waals surface area contributed by atoms with Crippen LogP contribution in [-0.4, -0.2) is 38.7 Å². The summed E-state index contributed by atoms with van der Waals surface area (Å²) in [4.78, 5) is 12.4. The Hall–Kier alpha value is -2.32. The van der Waals surface area contributed by atoms with Gasteiger partial charge in [0.1, 0.15) is 11.1 Å². The summed E-state index contributed by atoms with van der Waals surface area (Å²) in [7, 11) is 0. The van der Waals surface area contributed by atoms with E-state index < -0.39 is 6.10 Å². The number of benzene rings is 1. The minimum absolute atomic E-state index is 0.127. The topological polar surface area (TPSA) is 99.8 Å². The number of carbonyl (C=O) groups is 1. The number of hydrazone groups is 1. The molecular weight excluding hydrogens is 352 g/mol. The zero-order chi connectivity index (χ0) is 18.1. The van der Waals surface area contributed by atoms with Crippen molar-refractivity contribution in [1.29, 1.82) is 0 Å². The molecule has 2 unspecified atom stereocenters. The van der Waals surface area contributed by atoms with Gasteiger partial charge in [-0.3, -0.25) is 10.2 Å². The number of amides is 1. The predicted octanol–water partition coefficient (Wildman–Crippen LogP) is 2.21. The lowest BCUT2D eigenvalue weighted by molar-refractivity contribution is 0.0876. The monoisotopic (exact) mass is 372 g/mol. The van der Waals surface area contributed by atoms with Crippen molar-refractivity contribution in [3.63, 3.8) is 0 Å². The van der Waals surface area contributed by atoms with Crippen molar-refractivity contribution in [1.82, 2.24) is 15.9 Å². The van der Waals surface area contributed by atoms with Gasteiger partial charge in [0.2, 0.25) is 0 Å². The van der Waals surface area contributed by atoms with Crippen LogP contribution in [0, 0.1) is 5.92 Å². The van der Waals surface area contributed by atoms with Crippen LogP contribution < -0.4 is 10.7 Å². The first-order valence-electron chi connectivity index (χ1n) is 8.61. The van der Waals surface area contributed by atoms with Crippen molar-refractivity contribution in [2.75, 3.05) is 0 Å². The third-order valence-corrected chi connectivity index (χ3v) is 6.06. The second-order valence-corrected chi connectivity index (χ2v) is 7.80. The molecule has 2 atom stereocenters. The Balaban J connectivity index is 1.28. The maximum absolute atomic E-state index is 12.4. The van der Waals surface area contributed by atoms with Gasteiger partial charge in [-0.1, -0.05) is 47.3 Å². The van der Waals surface area contributed by atoms with E-state index in [9.17, 15) is 9.90 Å². The summed E-state index contributed by atoms with van der Waals surface area (Å²) in [6.45, 7) is 1.71. The minimum atomic E-state index is -0.543. The highest BCUT2D eigenvalue weighted by Gasteiger charge is 2.39. The molecule has 3 N–H and O–H groups in total. The quantitative estimate of drug-likeness (QED) is 0.744. The molecule has 7 nitrogen and oxygen atoms in total. The number of nitrogens with zero attached hydrogens (tertiary/aromatic N) is 2. The Kier molecular flexibility index (Phi) is 4.69. The summed E-state index contributed by atoms with van der Waals surface area (Å²) < 4.78 is 5.28. The van der Waals surface area contributed by atoms with Crippen LogP contribution in [0.4, 0.5) is 0 Å². The van der Waals surface area contributed by atoms with Crippen molar-refractivity contribution in [2.45, 2.75) is 37.3 Å². The molecule has 1 aromatic heterocycles. The fraction of sp³-hybridized carbons (Fsp3) is 0.389. The van der Waals surface area contributed by atoms with Crippen LogP contribution in [0.1, 0.15) is 30.3 Å². The SMILES string of the molecule is CC(O)C1=NNC(C2CC(NC(=O)c3cc(-c4ccccc4)on3)C2)S1. The fourth-order valence-electron chi connectivity index (χ4n) is 3.11. The summed E-state index contributed by atoms with van der Waals surface area (Å²) in [6.07, 6.45) is 1.21. The molecule has 2 heterocycles. The third kappa shape index (κ3) is 3.47. The van der Waals surface area contributed by atoms with E-state index in [-0.39, 0.29) is 17.3 Å². The van der Waals surface area contributed by atoms with E-state index in [2.05, 4.69) is 21.0 Å². The Morgan fingerprint density at radius 3 is 2.85 bits per heavy atom. The molecule has 1 aliphatic carbocycles. The van der Waals surface area contributed by atoms with E-state index in [1.54, 1.807) is 24.8 Å².